The van der Waals surface area contributed by atoms with E-state index in [1.54, 1.807) is 0 Å². The Morgan fingerprint density at radius 2 is 1.92 bits per heavy atom. The highest BCUT2D eigenvalue weighted by Gasteiger charge is 2.23. The van der Waals surface area contributed by atoms with Crippen LogP contribution in [-0.4, -0.2) is 71.1 Å². The molecule has 1 aromatic heterocycles. The molecule has 132 valence electrons. The van der Waals surface area contributed by atoms with Gasteiger partial charge in [0.25, 0.3) is 5.91 Å². The van der Waals surface area contributed by atoms with Crippen molar-refractivity contribution < 1.29 is 9.59 Å². The average molecular weight is 333 g/mol. The van der Waals surface area contributed by atoms with Crippen LogP contribution in [0.4, 0.5) is 0 Å². The van der Waals surface area contributed by atoms with E-state index in [2.05, 4.69) is 27.3 Å². The summed E-state index contributed by atoms with van der Waals surface area (Å²) in [5.41, 5.74) is 2.66. The summed E-state index contributed by atoms with van der Waals surface area (Å²) in [4.78, 5) is 28.8. The maximum atomic E-state index is 12.3. The maximum Gasteiger partial charge on any atom is 0.272 e. The number of nitrogens with zero attached hydrogens (tertiary/aromatic N) is 3. The van der Waals surface area contributed by atoms with E-state index >= 15 is 0 Å². The van der Waals surface area contributed by atoms with Gasteiger partial charge in [0.2, 0.25) is 5.91 Å². The lowest BCUT2D eigenvalue weighted by Gasteiger charge is -2.34. The van der Waals surface area contributed by atoms with Gasteiger partial charge >= 0.3 is 0 Å². The van der Waals surface area contributed by atoms with Crippen LogP contribution in [0.1, 0.15) is 47.9 Å². The van der Waals surface area contributed by atoms with E-state index in [9.17, 15) is 9.59 Å². The number of rotatable bonds is 5. The summed E-state index contributed by atoms with van der Waals surface area (Å²) in [6.45, 7) is 6.99. The molecule has 7 nitrogen and oxygen atoms in total. The molecule has 3 rings (SSSR count). The summed E-state index contributed by atoms with van der Waals surface area (Å²) >= 11 is 0. The smallest absolute Gasteiger partial charge is 0.272 e. The van der Waals surface area contributed by atoms with Crippen LogP contribution >= 0.6 is 0 Å². The number of carbonyl (C=O) groups is 2. The summed E-state index contributed by atoms with van der Waals surface area (Å²) in [5.74, 6) is -0.0480. The summed E-state index contributed by atoms with van der Waals surface area (Å²) in [6.07, 6.45) is 4.49. The number of aromatic amines is 1. The Morgan fingerprint density at radius 3 is 2.67 bits per heavy atom. The molecule has 0 bridgehead atoms. The average Bonchev–Trinajstić information content (AvgIpc) is 3.06. The van der Waals surface area contributed by atoms with Crippen LogP contribution in [0.15, 0.2) is 0 Å². The molecule has 0 saturated carbocycles. The molecule has 0 unspecified atom stereocenters. The fourth-order valence-electron chi connectivity index (χ4n) is 3.51. The third kappa shape index (κ3) is 3.77. The van der Waals surface area contributed by atoms with Gasteiger partial charge in [-0.3, -0.25) is 14.7 Å². The topological polar surface area (TPSA) is 81.3 Å². The lowest BCUT2D eigenvalue weighted by molar-refractivity contribution is -0.132. The summed E-state index contributed by atoms with van der Waals surface area (Å²) in [5, 5.41) is 9.99. The van der Waals surface area contributed by atoms with Crippen molar-refractivity contribution >= 4 is 11.8 Å². The van der Waals surface area contributed by atoms with Crippen molar-refractivity contribution in [1.82, 2.24) is 25.3 Å². The Hall–Kier alpha value is -1.89. The van der Waals surface area contributed by atoms with Crippen molar-refractivity contribution in [2.24, 2.45) is 0 Å². The number of amides is 2. The SMILES string of the molecule is CCN1CCN(C(=O)CCNC(=O)c2n[nH]c3c2CCCC3)CC1. The molecular formula is C17H27N5O2. The van der Waals surface area contributed by atoms with Crippen molar-refractivity contribution in [2.45, 2.75) is 39.0 Å². The predicted octanol–water partition coefficient (Wildman–Crippen LogP) is 0.573. The van der Waals surface area contributed by atoms with Gasteiger partial charge in [0.15, 0.2) is 5.69 Å². The number of piperazine rings is 1. The van der Waals surface area contributed by atoms with Gasteiger partial charge in [-0.2, -0.15) is 5.10 Å². The first-order chi connectivity index (χ1) is 11.7. The fraction of sp³-hybridized carbons (Fsp3) is 0.706. The summed E-state index contributed by atoms with van der Waals surface area (Å²) in [6, 6.07) is 0. The first-order valence-corrected chi connectivity index (χ1v) is 9.03. The van der Waals surface area contributed by atoms with E-state index in [-0.39, 0.29) is 11.8 Å². The Labute approximate surface area is 142 Å². The lowest BCUT2D eigenvalue weighted by Crippen LogP contribution is -2.49. The third-order valence-electron chi connectivity index (χ3n) is 5.07. The van der Waals surface area contributed by atoms with E-state index in [4.69, 9.17) is 0 Å². The number of fused-ring (bicyclic) bond motifs is 1. The minimum atomic E-state index is -0.169. The van der Waals surface area contributed by atoms with Crippen molar-refractivity contribution in [3.63, 3.8) is 0 Å². The highest BCUT2D eigenvalue weighted by atomic mass is 16.2. The molecule has 0 aromatic carbocycles. The van der Waals surface area contributed by atoms with Crippen molar-refractivity contribution in [1.29, 1.82) is 0 Å². The van der Waals surface area contributed by atoms with Gasteiger partial charge in [0.05, 0.1) is 0 Å². The minimum Gasteiger partial charge on any atom is -0.350 e. The van der Waals surface area contributed by atoms with E-state index in [1.807, 2.05) is 4.90 Å². The second-order valence-corrected chi connectivity index (χ2v) is 6.56. The second kappa shape index (κ2) is 7.79. The third-order valence-corrected chi connectivity index (χ3v) is 5.07. The van der Waals surface area contributed by atoms with Gasteiger partial charge in [0.1, 0.15) is 0 Å². The van der Waals surface area contributed by atoms with Crippen LogP contribution in [0.2, 0.25) is 0 Å². The zero-order valence-corrected chi connectivity index (χ0v) is 14.4. The van der Waals surface area contributed by atoms with Crippen LogP contribution in [0.25, 0.3) is 0 Å². The Kier molecular flexibility index (Phi) is 5.50. The molecule has 0 atom stereocenters. The van der Waals surface area contributed by atoms with Crippen molar-refractivity contribution in [3.8, 4) is 0 Å². The molecule has 1 saturated heterocycles. The minimum absolute atomic E-state index is 0.120. The molecule has 24 heavy (non-hydrogen) atoms. The van der Waals surface area contributed by atoms with E-state index in [0.29, 0.717) is 18.7 Å². The normalized spacial score (nSPS) is 18.3. The highest BCUT2D eigenvalue weighted by Crippen LogP contribution is 2.21. The van der Waals surface area contributed by atoms with Gasteiger partial charge in [-0.1, -0.05) is 6.92 Å². The van der Waals surface area contributed by atoms with E-state index in [1.165, 1.54) is 0 Å². The first kappa shape index (κ1) is 17.0. The molecule has 2 aliphatic rings. The second-order valence-electron chi connectivity index (χ2n) is 6.56. The quantitative estimate of drug-likeness (QED) is 0.826. The van der Waals surface area contributed by atoms with Gasteiger partial charge in [0, 0.05) is 50.4 Å². The number of H-pyrrole nitrogens is 1. The first-order valence-electron chi connectivity index (χ1n) is 9.03. The molecular weight excluding hydrogens is 306 g/mol. The lowest BCUT2D eigenvalue weighted by atomic mass is 9.96. The predicted molar refractivity (Wildman–Crippen MR) is 90.9 cm³/mol. The Morgan fingerprint density at radius 1 is 1.17 bits per heavy atom. The number of hydrogen-bond donors (Lipinski definition) is 2. The van der Waals surface area contributed by atoms with Crippen LogP contribution in [-0.2, 0) is 17.6 Å². The van der Waals surface area contributed by atoms with Crippen LogP contribution in [0, 0.1) is 0 Å². The molecule has 1 aromatic rings. The van der Waals surface area contributed by atoms with Crippen molar-refractivity contribution in [2.75, 3.05) is 39.3 Å². The molecule has 0 radical (unpaired) electrons. The zero-order valence-electron chi connectivity index (χ0n) is 14.4. The van der Waals surface area contributed by atoms with Crippen LogP contribution in [0.5, 0.6) is 0 Å². The van der Waals surface area contributed by atoms with Gasteiger partial charge in [-0.25, -0.2) is 0 Å². The summed E-state index contributed by atoms with van der Waals surface area (Å²) in [7, 11) is 0. The highest BCUT2D eigenvalue weighted by molar-refractivity contribution is 5.94. The molecule has 1 aliphatic carbocycles. The molecule has 1 aliphatic heterocycles. The Bertz CT molecular complexity index is 590. The number of likely N-dealkylation sites (N-methyl/N-ethyl adjacent to an activating group) is 1. The van der Waals surface area contributed by atoms with E-state index < -0.39 is 0 Å². The summed E-state index contributed by atoms with van der Waals surface area (Å²) < 4.78 is 0. The van der Waals surface area contributed by atoms with Crippen LogP contribution in [0.3, 0.4) is 0 Å². The fourth-order valence-corrected chi connectivity index (χ4v) is 3.51. The number of nitrogens with one attached hydrogen (secondary N) is 2. The molecule has 1 fully saturated rings. The number of aromatic nitrogens is 2. The van der Waals surface area contributed by atoms with E-state index in [0.717, 1.165) is 69.7 Å². The van der Waals surface area contributed by atoms with Gasteiger partial charge in [-0.15, -0.1) is 0 Å². The van der Waals surface area contributed by atoms with Gasteiger partial charge in [-0.05, 0) is 32.2 Å². The number of carbonyl (C=O) groups excluding carboxylic acids is 2. The molecule has 0 spiro atoms. The molecule has 2 heterocycles. The van der Waals surface area contributed by atoms with Crippen molar-refractivity contribution in [3.05, 3.63) is 17.0 Å². The van der Waals surface area contributed by atoms with Crippen LogP contribution < -0.4 is 5.32 Å². The zero-order chi connectivity index (χ0) is 16.9. The molecule has 2 N–H and O–H groups in total. The Balaban J connectivity index is 1.44. The number of hydrogen-bond acceptors (Lipinski definition) is 4. The largest absolute Gasteiger partial charge is 0.350 e. The standard InChI is InChI=1S/C17H27N5O2/c1-2-21-9-11-22(12-10-21)15(23)7-8-18-17(24)16-13-5-3-4-6-14(13)19-20-16/h2-12H2,1H3,(H,18,24)(H,19,20). The molecule has 7 heteroatoms. The monoisotopic (exact) mass is 333 g/mol. The molecule has 2 amide bonds. The maximum absolute atomic E-state index is 12.3. The van der Waals surface area contributed by atoms with Gasteiger partial charge < -0.3 is 15.1 Å². The number of aryl methyl sites for hydroxylation is 1.